The van der Waals surface area contributed by atoms with Crippen molar-refractivity contribution < 1.29 is 0 Å². The Balaban J connectivity index is 1.76. The number of nitriles is 1. The third-order valence-corrected chi connectivity index (χ3v) is 4.99. The molecule has 2 aromatic carbocycles. The number of hydrogen-bond donors (Lipinski definition) is 0. The van der Waals surface area contributed by atoms with Gasteiger partial charge in [-0.05, 0) is 48.9 Å². The van der Waals surface area contributed by atoms with Gasteiger partial charge in [-0.3, -0.25) is 4.99 Å². The predicted molar refractivity (Wildman–Crippen MR) is 108 cm³/mol. The number of hydrogen-bond acceptors (Lipinski definition) is 4. The van der Waals surface area contributed by atoms with Gasteiger partial charge in [0.15, 0.2) is 0 Å². The van der Waals surface area contributed by atoms with Gasteiger partial charge in [0.1, 0.15) is 11.1 Å². The lowest BCUT2D eigenvalue weighted by atomic mass is 10.2. The predicted octanol–water partition coefficient (Wildman–Crippen LogP) is 5.96. The lowest BCUT2D eigenvalue weighted by Crippen LogP contribution is -1.94. The summed E-state index contributed by atoms with van der Waals surface area (Å²) in [5.41, 5.74) is 4.49. The molecule has 0 amide bonds. The Labute approximate surface area is 162 Å². The number of aromatic nitrogens is 1. The molecule has 1 heterocycles. The van der Waals surface area contributed by atoms with Crippen molar-refractivity contribution in [1.82, 2.24) is 4.98 Å². The van der Waals surface area contributed by atoms with Crippen molar-refractivity contribution in [2.45, 2.75) is 17.7 Å². The highest BCUT2D eigenvalue weighted by Gasteiger charge is 2.06. The molecular weight excluding hydrogens is 362 g/mol. The molecule has 3 nitrogen and oxygen atoms in total. The molecule has 0 aliphatic carbocycles. The van der Waals surface area contributed by atoms with Gasteiger partial charge in [0, 0.05) is 10.8 Å². The van der Waals surface area contributed by atoms with Crippen molar-refractivity contribution in [2.24, 2.45) is 4.99 Å². The van der Waals surface area contributed by atoms with E-state index >= 15 is 0 Å². The molecule has 26 heavy (non-hydrogen) atoms. The van der Waals surface area contributed by atoms with Gasteiger partial charge in [-0.25, -0.2) is 4.98 Å². The molecule has 0 aliphatic rings. The second-order valence-electron chi connectivity index (χ2n) is 5.71. The van der Waals surface area contributed by atoms with Crippen molar-refractivity contribution >= 4 is 35.3 Å². The number of thioether (sulfide) groups is 1. The van der Waals surface area contributed by atoms with Crippen LogP contribution in [-0.2, 0) is 5.75 Å². The number of aliphatic imine (C=N–C) groups is 1. The van der Waals surface area contributed by atoms with Gasteiger partial charge in [0.05, 0.1) is 23.2 Å². The molecule has 0 atom stereocenters. The first-order chi connectivity index (χ1) is 12.6. The Bertz CT molecular complexity index is 958. The van der Waals surface area contributed by atoms with Gasteiger partial charge in [0.2, 0.25) is 0 Å². The first-order valence-corrected chi connectivity index (χ1v) is 9.39. The summed E-state index contributed by atoms with van der Waals surface area (Å²) < 4.78 is 0. The van der Waals surface area contributed by atoms with E-state index in [2.05, 4.69) is 16.0 Å². The zero-order chi connectivity index (χ0) is 18.4. The molecule has 0 saturated carbocycles. The molecule has 0 fully saturated rings. The molecule has 3 aromatic rings. The quantitative estimate of drug-likeness (QED) is 0.407. The average Bonchev–Trinajstić information content (AvgIpc) is 2.67. The molecule has 0 aliphatic heterocycles. The van der Waals surface area contributed by atoms with E-state index < -0.39 is 0 Å². The SMILES string of the molecule is Cc1ccc(N=Cc2ccc(C#N)c(SCc3ccc(Cl)cc3)n2)cc1. The van der Waals surface area contributed by atoms with E-state index in [1.165, 1.54) is 17.3 Å². The molecule has 0 bridgehead atoms. The number of benzene rings is 2. The fourth-order valence-corrected chi connectivity index (χ4v) is 3.29. The third kappa shape index (κ3) is 4.95. The van der Waals surface area contributed by atoms with Crippen LogP contribution in [0.15, 0.2) is 70.7 Å². The fourth-order valence-electron chi connectivity index (χ4n) is 2.23. The summed E-state index contributed by atoms with van der Waals surface area (Å²) in [6, 6.07) is 21.4. The van der Waals surface area contributed by atoms with Crippen molar-refractivity contribution in [2.75, 3.05) is 0 Å². The standard InChI is InChI=1S/C21H16ClN3S/c1-15-2-9-19(10-3-15)24-13-20-11-6-17(12-23)21(25-20)26-14-16-4-7-18(22)8-5-16/h2-11,13H,14H2,1H3. The zero-order valence-corrected chi connectivity index (χ0v) is 15.8. The summed E-state index contributed by atoms with van der Waals surface area (Å²) in [6.45, 7) is 2.04. The van der Waals surface area contributed by atoms with Gasteiger partial charge in [-0.1, -0.05) is 41.4 Å². The van der Waals surface area contributed by atoms with Crippen molar-refractivity contribution in [3.8, 4) is 6.07 Å². The van der Waals surface area contributed by atoms with E-state index in [1.807, 2.05) is 61.5 Å². The highest BCUT2D eigenvalue weighted by molar-refractivity contribution is 7.98. The summed E-state index contributed by atoms with van der Waals surface area (Å²) >= 11 is 7.44. The maximum absolute atomic E-state index is 9.32. The summed E-state index contributed by atoms with van der Waals surface area (Å²) in [7, 11) is 0. The van der Waals surface area contributed by atoms with Crippen LogP contribution in [-0.4, -0.2) is 11.2 Å². The lowest BCUT2D eigenvalue weighted by Gasteiger charge is -2.05. The maximum Gasteiger partial charge on any atom is 0.115 e. The Hall–Kier alpha value is -2.61. The van der Waals surface area contributed by atoms with Crippen LogP contribution in [0.1, 0.15) is 22.4 Å². The van der Waals surface area contributed by atoms with Gasteiger partial charge >= 0.3 is 0 Å². The number of aryl methyl sites for hydroxylation is 1. The Morgan fingerprint density at radius 1 is 1.08 bits per heavy atom. The summed E-state index contributed by atoms with van der Waals surface area (Å²) in [5, 5.41) is 10.7. The largest absolute Gasteiger partial charge is 0.255 e. The van der Waals surface area contributed by atoms with Crippen molar-refractivity contribution in [3.63, 3.8) is 0 Å². The van der Waals surface area contributed by atoms with Crippen LogP contribution in [0.4, 0.5) is 5.69 Å². The van der Waals surface area contributed by atoms with Crippen molar-refractivity contribution in [1.29, 1.82) is 5.26 Å². The molecule has 128 valence electrons. The monoisotopic (exact) mass is 377 g/mol. The van der Waals surface area contributed by atoms with Crippen LogP contribution in [0.5, 0.6) is 0 Å². The minimum Gasteiger partial charge on any atom is -0.255 e. The Morgan fingerprint density at radius 3 is 2.50 bits per heavy atom. The molecule has 0 radical (unpaired) electrons. The molecule has 5 heteroatoms. The van der Waals surface area contributed by atoms with E-state index in [4.69, 9.17) is 11.6 Å². The van der Waals surface area contributed by atoms with E-state index in [9.17, 15) is 5.26 Å². The fraction of sp³-hybridized carbons (Fsp3) is 0.0952. The van der Waals surface area contributed by atoms with E-state index in [1.54, 1.807) is 12.3 Å². The lowest BCUT2D eigenvalue weighted by molar-refractivity contribution is 1.10. The Kier molecular flexibility index (Phi) is 6.06. The first-order valence-electron chi connectivity index (χ1n) is 8.03. The van der Waals surface area contributed by atoms with Crippen molar-refractivity contribution in [3.05, 3.63) is 88.1 Å². The van der Waals surface area contributed by atoms with E-state index in [-0.39, 0.29) is 0 Å². The Morgan fingerprint density at radius 2 is 1.81 bits per heavy atom. The maximum atomic E-state index is 9.32. The zero-order valence-electron chi connectivity index (χ0n) is 14.2. The van der Waals surface area contributed by atoms with Gasteiger partial charge in [0.25, 0.3) is 0 Å². The van der Waals surface area contributed by atoms with Crippen LogP contribution >= 0.6 is 23.4 Å². The van der Waals surface area contributed by atoms with Crippen LogP contribution in [0, 0.1) is 18.3 Å². The second-order valence-corrected chi connectivity index (χ2v) is 7.11. The molecule has 3 rings (SSSR count). The topological polar surface area (TPSA) is 49.0 Å². The molecule has 0 N–H and O–H groups in total. The van der Waals surface area contributed by atoms with E-state index in [0.717, 1.165) is 22.7 Å². The van der Waals surface area contributed by atoms with Crippen LogP contribution in [0.3, 0.4) is 0 Å². The third-order valence-electron chi connectivity index (χ3n) is 3.67. The van der Waals surface area contributed by atoms with Crippen LogP contribution in [0.25, 0.3) is 0 Å². The minimum absolute atomic E-state index is 0.566. The average molecular weight is 378 g/mol. The number of halogens is 1. The molecule has 0 saturated heterocycles. The van der Waals surface area contributed by atoms with Gasteiger partial charge in [-0.15, -0.1) is 11.8 Å². The highest BCUT2D eigenvalue weighted by Crippen LogP contribution is 2.25. The van der Waals surface area contributed by atoms with Gasteiger partial charge in [-0.2, -0.15) is 5.26 Å². The number of nitrogens with zero attached hydrogens (tertiary/aromatic N) is 3. The highest BCUT2D eigenvalue weighted by atomic mass is 35.5. The number of rotatable bonds is 5. The molecule has 1 aromatic heterocycles. The van der Waals surface area contributed by atoms with Crippen LogP contribution in [0.2, 0.25) is 5.02 Å². The molecule has 0 spiro atoms. The van der Waals surface area contributed by atoms with E-state index in [0.29, 0.717) is 15.6 Å². The summed E-state index contributed by atoms with van der Waals surface area (Å²) in [5.74, 6) is 0.720. The molecule has 0 unspecified atom stereocenters. The molecular formula is C21H16ClN3S. The first kappa shape index (κ1) is 18.2. The van der Waals surface area contributed by atoms with Gasteiger partial charge < -0.3 is 0 Å². The summed E-state index contributed by atoms with van der Waals surface area (Å²) in [4.78, 5) is 9.02. The summed E-state index contributed by atoms with van der Waals surface area (Å²) in [6.07, 6.45) is 1.72. The normalized spacial score (nSPS) is 10.8. The smallest absolute Gasteiger partial charge is 0.115 e. The second kappa shape index (κ2) is 8.66. The minimum atomic E-state index is 0.566. The number of pyridine rings is 1. The van der Waals surface area contributed by atoms with Crippen LogP contribution < -0.4 is 0 Å².